The highest BCUT2D eigenvalue weighted by Gasteiger charge is 2.19. The Morgan fingerprint density at radius 3 is 2.70 bits per heavy atom. The monoisotopic (exact) mass is 140 g/mol. The highest BCUT2D eigenvalue weighted by Crippen LogP contribution is 2.32. The van der Waals surface area contributed by atoms with Crippen LogP contribution in [0.3, 0.4) is 0 Å². The second-order valence-corrected chi connectivity index (χ2v) is 3.80. The van der Waals surface area contributed by atoms with E-state index in [1.165, 1.54) is 18.4 Å². The maximum Gasteiger partial charge on any atom is 0.0641 e. The third kappa shape index (κ3) is 1.84. The molecule has 0 aliphatic heterocycles. The summed E-state index contributed by atoms with van der Waals surface area (Å²) in [4.78, 5) is 0. The number of rotatable bonds is 1. The van der Waals surface area contributed by atoms with Crippen molar-refractivity contribution in [1.29, 1.82) is 0 Å². The van der Waals surface area contributed by atoms with E-state index in [4.69, 9.17) is 5.11 Å². The first-order valence-corrected chi connectivity index (χ1v) is 3.95. The van der Waals surface area contributed by atoms with Crippen LogP contribution in [0.4, 0.5) is 0 Å². The van der Waals surface area contributed by atoms with E-state index in [9.17, 15) is 0 Å². The lowest BCUT2D eigenvalue weighted by Crippen LogP contribution is -2.14. The number of hydrogen-bond donors (Lipinski definition) is 1. The molecule has 58 valence electrons. The summed E-state index contributed by atoms with van der Waals surface area (Å²) in [5.74, 6) is 0. The van der Waals surface area contributed by atoms with Gasteiger partial charge >= 0.3 is 0 Å². The van der Waals surface area contributed by atoms with Crippen LogP contribution in [0.5, 0.6) is 0 Å². The SMILES string of the molecule is CC1(C)C=C(CO)CCC1. The number of allylic oxidation sites excluding steroid dienone is 1. The molecule has 0 heterocycles. The molecule has 0 unspecified atom stereocenters. The smallest absolute Gasteiger partial charge is 0.0641 e. The van der Waals surface area contributed by atoms with Gasteiger partial charge in [-0.25, -0.2) is 0 Å². The van der Waals surface area contributed by atoms with Crippen molar-refractivity contribution in [2.75, 3.05) is 6.61 Å². The van der Waals surface area contributed by atoms with Crippen molar-refractivity contribution in [3.05, 3.63) is 11.6 Å². The van der Waals surface area contributed by atoms with Crippen LogP contribution < -0.4 is 0 Å². The van der Waals surface area contributed by atoms with E-state index < -0.39 is 0 Å². The second kappa shape index (κ2) is 2.75. The fraction of sp³-hybridized carbons (Fsp3) is 0.778. The summed E-state index contributed by atoms with van der Waals surface area (Å²) < 4.78 is 0. The van der Waals surface area contributed by atoms with Crippen molar-refractivity contribution in [3.63, 3.8) is 0 Å². The normalized spacial score (nSPS) is 24.1. The third-order valence-corrected chi connectivity index (χ3v) is 2.12. The predicted molar refractivity (Wildman–Crippen MR) is 42.8 cm³/mol. The van der Waals surface area contributed by atoms with Crippen molar-refractivity contribution in [3.8, 4) is 0 Å². The molecule has 0 atom stereocenters. The van der Waals surface area contributed by atoms with Crippen molar-refractivity contribution < 1.29 is 5.11 Å². The van der Waals surface area contributed by atoms with Crippen LogP contribution in [-0.2, 0) is 0 Å². The Morgan fingerprint density at radius 1 is 1.60 bits per heavy atom. The fourth-order valence-electron chi connectivity index (χ4n) is 1.59. The molecule has 0 spiro atoms. The van der Waals surface area contributed by atoms with Crippen molar-refractivity contribution in [2.24, 2.45) is 5.41 Å². The van der Waals surface area contributed by atoms with Gasteiger partial charge in [0.15, 0.2) is 0 Å². The van der Waals surface area contributed by atoms with Crippen LogP contribution in [0.25, 0.3) is 0 Å². The first-order valence-electron chi connectivity index (χ1n) is 3.95. The number of aliphatic hydroxyl groups is 1. The molecule has 0 bridgehead atoms. The van der Waals surface area contributed by atoms with Crippen molar-refractivity contribution in [1.82, 2.24) is 0 Å². The quantitative estimate of drug-likeness (QED) is 0.553. The highest BCUT2D eigenvalue weighted by atomic mass is 16.3. The Hall–Kier alpha value is -0.300. The van der Waals surface area contributed by atoms with Crippen molar-refractivity contribution in [2.45, 2.75) is 33.1 Å². The van der Waals surface area contributed by atoms with Gasteiger partial charge in [-0.1, -0.05) is 19.9 Å². The molecule has 1 aliphatic rings. The molecule has 1 aliphatic carbocycles. The highest BCUT2D eigenvalue weighted by molar-refractivity contribution is 5.11. The lowest BCUT2D eigenvalue weighted by Gasteiger charge is -2.26. The summed E-state index contributed by atoms with van der Waals surface area (Å²) in [5.41, 5.74) is 1.55. The second-order valence-electron chi connectivity index (χ2n) is 3.80. The van der Waals surface area contributed by atoms with E-state index in [-0.39, 0.29) is 6.61 Å². The fourth-order valence-corrected chi connectivity index (χ4v) is 1.59. The maximum atomic E-state index is 8.85. The standard InChI is InChI=1S/C9H16O/c1-9(2)5-3-4-8(6-9)7-10/h6,10H,3-5,7H2,1-2H3. The molecule has 0 aromatic carbocycles. The van der Waals surface area contributed by atoms with E-state index in [1.807, 2.05) is 0 Å². The van der Waals surface area contributed by atoms with E-state index in [2.05, 4.69) is 19.9 Å². The number of hydrogen-bond acceptors (Lipinski definition) is 1. The first-order chi connectivity index (χ1) is 4.64. The number of aliphatic hydroxyl groups excluding tert-OH is 1. The molecule has 1 rings (SSSR count). The molecule has 0 amide bonds. The lowest BCUT2D eigenvalue weighted by molar-refractivity contribution is 0.306. The molecule has 0 saturated heterocycles. The average molecular weight is 140 g/mol. The third-order valence-electron chi connectivity index (χ3n) is 2.12. The van der Waals surface area contributed by atoms with Gasteiger partial charge in [0.1, 0.15) is 0 Å². The predicted octanol–water partition coefficient (Wildman–Crippen LogP) is 2.12. The largest absolute Gasteiger partial charge is 0.392 e. The molecule has 0 aromatic heterocycles. The van der Waals surface area contributed by atoms with Gasteiger partial charge in [0, 0.05) is 0 Å². The van der Waals surface area contributed by atoms with Crippen molar-refractivity contribution >= 4 is 0 Å². The summed E-state index contributed by atoms with van der Waals surface area (Å²) in [7, 11) is 0. The van der Waals surface area contributed by atoms with Gasteiger partial charge in [0.2, 0.25) is 0 Å². The molecule has 0 saturated carbocycles. The first kappa shape index (κ1) is 7.80. The Bertz CT molecular complexity index is 145. The average Bonchev–Trinajstić information content (AvgIpc) is 1.86. The molecule has 0 aromatic rings. The Labute approximate surface area is 62.8 Å². The molecule has 1 heteroatoms. The minimum Gasteiger partial charge on any atom is -0.392 e. The Balaban J connectivity index is 2.66. The molecule has 0 radical (unpaired) electrons. The lowest BCUT2D eigenvalue weighted by atomic mass is 9.80. The maximum absolute atomic E-state index is 8.85. The summed E-state index contributed by atoms with van der Waals surface area (Å²) in [6, 6.07) is 0. The molecule has 1 N–H and O–H groups in total. The summed E-state index contributed by atoms with van der Waals surface area (Å²) in [6.07, 6.45) is 5.81. The van der Waals surface area contributed by atoms with Crippen LogP contribution in [0, 0.1) is 5.41 Å². The Morgan fingerprint density at radius 2 is 2.30 bits per heavy atom. The topological polar surface area (TPSA) is 20.2 Å². The van der Waals surface area contributed by atoms with Gasteiger partial charge in [0.05, 0.1) is 6.61 Å². The van der Waals surface area contributed by atoms with E-state index in [0.29, 0.717) is 5.41 Å². The molecule has 0 fully saturated rings. The van der Waals surface area contributed by atoms with Gasteiger partial charge in [-0.15, -0.1) is 0 Å². The molecule has 10 heavy (non-hydrogen) atoms. The van der Waals surface area contributed by atoms with Gasteiger partial charge < -0.3 is 5.11 Å². The van der Waals surface area contributed by atoms with Gasteiger partial charge in [0.25, 0.3) is 0 Å². The summed E-state index contributed by atoms with van der Waals surface area (Å²) in [5, 5.41) is 8.85. The summed E-state index contributed by atoms with van der Waals surface area (Å²) in [6.45, 7) is 4.70. The molecule has 1 nitrogen and oxygen atoms in total. The van der Waals surface area contributed by atoms with Crippen LogP contribution in [0.2, 0.25) is 0 Å². The Kier molecular flexibility index (Phi) is 2.14. The molecular weight excluding hydrogens is 124 g/mol. The van der Waals surface area contributed by atoms with Crippen LogP contribution in [0.1, 0.15) is 33.1 Å². The minimum absolute atomic E-state index is 0.253. The van der Waals surface area contributed by atoms with E-state index in [0.717, 1.165) is 6.42 Å². The zero-order valence-electron chi connectivity index (χ0n) is 6.85. The van der Waals surface area contributed by atoms with Crippen LogP contribution in [-0.4, -0.2) is 11.7 Å². The minimum atomic E-state index is 0.253. The zero-order valence-corrected chi connectivity index (χ0v) is 6.85. The molecular formula is C9H16O. The van der Waals surface area contributed by atoms with E-state index >= 15 is 0 Å². The summed E-state index contributed by atoms with van der Waals surface area (Å²) >= 11 is 0. The van der Waals surface area contributed by atoms with E-state index in [1.54, 1.807) is 0 Å². The van der Waals surface area contributed by atoms with Crippen LogP contribution in [0.15, 0.2) is 11.6 Å². The van der Waals surface area contributed by atoms with Gasteiger partial charge in [-0.05, 0) is 30.3 Å². The zero-order chi connectivity index (χ0) is 7.61. The van der Waals surface area contributed by atoms with Crippen LogP contribution >= 0.6 is 0 Å². The van der Waals surface area contributed by atoms with Gasteiger partial charge in [-0.2, -0.15) is 0 Å². The van der Waals surface area contributed by atoms with Gasteiger partial charge in [-0.3, -0.25) is 0 Å².